The highest BCUT2D eigenvalue weighted by molar-refractivity contribution is 5.15. The van der Waals surface area contributed by atoms with Crippen molar-refractivity contribution in [1.82, 2.24) is 5.32 Å². The van der Waals surface area contributed by atoms with Crippen molar-refractivity contribution in [2.45, 2.75) is 51.9 Å². The fourth-order valence-corrected chi connectivity index (χ4v) is 2.42. The quantitative estimate of drug-likeness (QED) is 0.854. The Labute approximate surface area is 104 Å². The summed E-state index contributed by atoms with van der Waals surface area (Å²) in [5, 5.41) is 3.10. The Bertz CT molecular complexity index is 327. The van der Waals surface area contributed by atoms with E-state index in [0.717, 1.165) is 18.2 Å². The third kappa shape index (κ3) is 3.58. The number of ether oxygens (including phenoxy) is 1. The zero-order valence-corrected chi connectivity index (χ0v) is 10.9. The van der Waals surface area contributed by atoms with Gasteiger partial charge in [0.05, 0.1) is 25.5 Å². The standard InChI is InChI=1S/C14H23NO2/c1-11-3-5-13(6-4-11)17-10-12-7-8-16-14(12)9-15-2/h7-8,11,13,15H,3-6,9-10H2,1-2H3. The Kier molecular flexibility index (Phi) is 4.63. The summed E-state index contributed by atoms with van der Waals surface area (Å²) in [5.41, 5.74) is 1.18. The molecule has 1 aliphatic rings. The lowest BCUT2D eigenvalue weighted by atomic mass is 9.89. The van der Waals surface area contributed by atoms with E-state index in [4.69, 9.17) is 9.15 Å². The molecule has 3 nitrogen and oxygen atoms in total. The van der Waals surface area contributed by atoms with Crippen molar-refractivity contribution in [2.24, 2.45) is 5.92 Å². The molecule has 0 aliphatic heterocycles. The highest BCUT2D eigenvalue weighted by atomic mass is 16.5. The van der Waals surface area contributed by atoms with Gasteiger partial charge in [0.25, 0.3) is 0 Å². The molecule has 1 aliphatic carbocycles. The van der Waals surface area contributed by atoms with Crippen molar-refractivity contribution < 1.29 is 9.15 Å². The van der Waals surface area contributed by atoms with Crippen molar-refractivity contribution in [1.29, 1.82) is 0 Å². The van der Waals surface area contributed by atoms with Crippen LogP contribution in [0.1, 0.15) is 43.9 Å². The van der Waals surface area contributed by atoms with Gasteiger partial charge in [-0.2, -0.15) is 0 Å². The van der Waals surface area contributed by atoms with E-state index in [0.29, 0.717) is 12.7 Å². The van der Waals surface area contributed by atoms with Crippen LogP contribution in [0.3, 0.4) is 0 Å². The molecule has 17 heavy (non-hydrogen) atoms. The van der Waals surface area contributed by atoms with Crippen LogP contribution in [-0.4, -0.2) is 13.2 Å². The zero-order valence-electron chi connectivity index (χ0n) is 10.9. The van der Waals surface area contributed by atoms with Gasteiger partial charge in [0, 0.05) is 5.56 Å². The molecule has 0 aromatic carbocycles. The lowest BCUT2D eigenvalue weighted by Gasteiger charge is -2.26. The van der Waals surface area contributed by atoms with E-state index in [1.165, 1.54) is 31.2 Å². The van der Waals surface area contributed by atoms with Crippen molar-refractivity contribution >= 4 is 0 Å². The summed E-state index contributed by atoms with van der Waals surface area (Å²) < 4.78 is 11.4. The van der Waals surface area contributed by atoms with E-state index in [1.54, 1.807) is 6.26 Å². The molecule has 0 spiro atoms. The third-order valence-corrected chi connectivity index (χ3v) is 3.61. The molecule has 1 heterocycles. The highest BCUT2D eigenvalue weighted by Crippen LogP contribution is 2.26. The molecule has 0 saturated heterocycles. The number of rotatable bonds is 5. The van der Waals surface area contributed by atoms with Crippen molar-refractivity contribution in [3.05, 3.63) is 23.7 Å². The van der Waals surface area contributed by atoms with Gasteiger partial charge in [0.15, 0.2) is 0 Å². The lowest BCUT2D eigenvalue weighted by Crippen LogP contribution is -2.20. The molecule has 0 bridgehead atoms. The molecular weight excluding hydrogens is 214 g/mol. The Morgan fingerprint density at radius 1 is 1.35 bits per heavy atom. The van der Waals surface area contributed by atoms with E-state index in [2.05, 4.69) is 12.2 Å². The van der Waals surface area contributed by atoms with Gasteiger partial charge < -0.3 is 14.5 Å². The van der Waals surface area contributed by atoms with Crippen molar-refractivity contribution in [3.63, 3.8) is 0 Å². The van der Waals surface area contributed by atoms with Gasteiger partial charge in [-0.05, 0) is 44.7 Å². The van der Waals surface area contributed by atoms with Gasteiger partial charge in [0.2, 0.25) is 0 Å². The van der Waals surface area contributed by atoms with Gasteiger partial charge in [-0.3, -0.25) is 0 Å². The fourth-order valence-electron chi connectivity index (χ4n) is 2.42. The van der Waals surface area contributed by atoms with Crippen LogP contribution in [0.4, 0.5) is 0 Å². The topological polar surface area (TPSA) is 34.4 Å². The SMILES string of the molecule is CNCc1occc1COC1CCC(C)CC1. The molecule has 0 amide bonds. The van der Waals surface area contributed by atoms with Crippen LogP contribution < -0.4 is 5.32 Å². The number of nitrogens with one attached hydrogen (secondary N) is 1. The summed E-state index contributed by atoms with van der Waals surface area (Å²) >= 11 is 0. The minimum absolute atomic E-state index is 0.448. The first-order valence-corrected chi connectivity index (χ1v) is 6.61. The molecule has 0 radical (unpaired) electrons. The molecule has 2 rings (SSSR count). The van der Waals surface area contributed by atoms with E-state index < -0.39 is 0 Å². The average Bonchev–Trinajstić information content (AvgIpc) is 2.77. The van der Waals surface area contributed by atoms with E-state index in [9.17, 15) is 0 Å². The van der Waals surface area contributed by atoms with Gasteiger partial charge in [-0.1, -0.05) is 6.92 Å². The molecule has 0 atom stereocenters. The molecule has 3 heteroatoms. The second kappa shape index (κ2) is 6.22. The Morgan fingerprint density at radius 2 is 2.12 bits per heavy atom. The lowest BCUT2D eigenvalue weighted by molar-refractivity contribution is 0.00816. The Balaban J connectivity index is 1.79. The fraction of sp³-hybridized carbons (Fsp3) is 0.714. The molecule has 1 aromatic rings. The van der Waals surface area contributed by atoms with Crippen LogP contribution in [0.25, 0.3) is 0 Å². The second-order valence-corrected chi connectivity index (χ2v) is 5.09. The van der Waals surface area contributed by atoms with E-state index in [1.807, 2.05) is 13.1 Å². The molecule has 1 N–H and O–H groups in total. The third-order valence-electron chi connectivity index (χ3n) is 3.61. The first-order valence-electron chi connectivity index (χ1n) is 6.61. The van der Waals surface area contributed by atoms with Crippen LogP contribution in [0, 0.1) is 5.92 Å². The minimum Gasteiger partial charge on any atom is -0.468 e. The largest absolute Gasteiger partial charge is 0.468 e. The molecule has 1 saturated carbocycles. The Morgan fingerprint density at radius 3 is 2.82 bits per heavy atom. The molecule has 1 aromatic heterocycles. The van der Waals surface area contributed by atoms with Gasteiger partial charge >= 0.3 is 0 Å². The average molecular weight is 237 g/mol. The number of hydrogen-bond donors (Lipinski definition) is 1. The summed E-state index contributed by atoms with van der Waals surface area (Å²) in [6, 6.07) is 2.01. The maximum absolute atomic E-state index is 5.97. The maximum atomic E-state index is 5.97. The zero-order chi connectivity index (χ0) is 12.1. The summed E-state index contributed by atoms with van der Waals surface area (Å²) in [6.45, 7) is 3.79. The van der Waals surface area contributed by atoms with E-state index >= 15 is 0 Å². The van der Waals surface area contributed by atoms with Gasteiger partial charge in [-0.15, -0.1) is 0 Å². The monoisotopic (exact) mass is 237 g/mol. The van der Waals surface area contributed by atoms with Gasteiger partial charge in [0.1, 0.15) is 5.76 Å². The van der Waals surface area contributed by atoms with Crippen LogP contribution >= 0.6 is 0 Å². The van der Waals surface area contributed by atoms with Crippen LogP contribution in [0.15, 0.2) is 16.7 Å². The predicted octanol–water partition coefficient (Wildman–Crippen LogP) is 3.09. The Hall–Kier alpha value is -0.800. The first-order chi connectivity index (χ1) is 8.29. The molecule has 1 fully saturated rings. The summed E-state index contributed by atoms with van der Waals surface area (Å²) in [7, 11) is 1.93. The predicted molar refractivity (Wildman–Crippen MR) is 67.7 cm³/mol. The molecule has 96 valence electrons. The van der Waals surface area contributed by atoms with E-state index in [-0.39, 0.29) is 0 Å². The van der Waals surface area contributed by atoms with Crippen LogP contribution in [-0.2, 0) is 17.9 Å². The van der Waals surface area contributed by atoms with Crippen LogP contribution in [0.5, 0.6) is 0 Å². The number of hydrogen-bond acceptors (Lipinski definition) is 3. The molecule has 0 unspecified atom stereocenters. The smallest absolute Gasteiger partial charge is 0.123 e. The summed E-state index contributed by atoms with van der Waals surface area (Å²) in [4.78, 5) is 0. The minimum atomic E-state index is 0.448. The molecular formula is C14H23NO2. The summed E-state index contributed by atoms with van der Waals surface area (Å²) in [6.07, 6.45) is 7.22. The van der Waals surface area contributed by atoms with Crippen LogP contribution in [0.2, 0.25) is 0 Å². The summed E-state index contributed by atoms with van der Waals surface area (Å²) in [5.74, 6) is 1.88. The number of furan rings is 1. The highest BCUT2D eigenvalue weighted by Gasteiger charge is 2.19. The van der Waals surface area contributed by atoms with Crippen molar-refractivity contribution in [2.75, 3.05) is 7.05 Å². The normalized spacial score (nSPS) is 25.1. The van der Waals surface area contributed by atoms with Gasteiger partial charge in [-0.25, -0.2) is 0 Å². The second-order valence-electron chi connectivity index (χ2n) is 5.09. The maximum Gasteiger partial charge on any atom is 0.123 e. The van der Waals surface area contributed by atoms with Crippen molar-refractivity contribution in [3.8, 4) is 0 Å². The first kappa shape index (κ1) is 12.7.